The Kier molecular flexibility index (Phi) is 1.03. The maximum Gasteiger partial charge on any atom is 0.223 e. The van der Waals surface area contributed by atoms with Crippen molar-refractivity contribution in [2.45, 2.75) is 0 Å². The largest absolute Gasteiger partial charge is 0.493 e. The molecule has 2 aromatic heterocycles. The van der Waals surface area contributed by atoms with Crippen molar-refractivity contribution < 1.29 is 10.2 Å². The molecule has 2 heterocycles. The van der Waals surface area contributed by atoms with Gasteiger partial charge in [-0.2, -0.15) is 4.98 Å². The number of H-pyrrole nitrogens is 1. The van der Waals surface area contributed by atoms with Gasteiger partial charge in [-0.25, -0.2) is 0 Å². The van der Waals surface area contributed by atoms with Crippen LogP contribution in [0.1, 0.15) is 0 Å². The second-order valence-electron chi connectivity index (χ2n) is 2.24. The molecule has 0 aliphatic rings. The van der Waals surface area contributed by atoms with E-state index in [1.807, 2.05) is 0 Å². The Morgan fingerprint density at radius 1 is 1.36 bits per heavy atom. The normalized spacial score (nSPS) is 10.5. The van der Waals surface area contributed by atoms with E-state index in [9.17, 15) is 0 Å². The minimum absolute atomic E-state index is 0.152. The Balaban J connectivity index is 2.91. The molecule has 0 bridgehead atoms. The summed E-state index contributed by atoms with van der Waals surface area (Å²) in [4.78, 5) is 6.31. The number of nitrogens with zero attached hydrogens (tertiary/aromatic N) is 1. The molecule has 0 fully saturated rings. The van der Waals surface area contributed by atoms with Crippen LogP contribution in [0, 0.1) is 0 Å². The molecule has 0 amide bonds. The molecule has 4 heteroatoms. The number of aromatic nitrogens is 2. The third-order valence-corrected chi connectivity index (χ3v) is 1.51. The molecule has 2 rings (SSSR count). The van der Waals surface area contributed by atoms with E-state index in [0.717, 1.165) is 0 Å². The van der Waals surface area contributed by atoms with Gasteiger partial charge in [-0.3, -0.25) is 0 Å². The number of aromatic hydroxyl groups is 2. The second kappa shape index (κ2) is 1.88. The summed E-state index contributed by atoms with van der Waals surface area (Å²) in [6, 6.07) is 3.14. The van der Waals surface area contributed by atoms with E-state index in [1.54, 1.807) is 12.3 Å². The maximum absolute atomic E-state index is 9.15. The van der Waals surface area contributed by atoms with Gasteiger partial charge in [0.05, 0.1) is 10.9 Å². The van der Waals surface area contributed by atoms with Gasteiger partial charge in [-0.1, -0.05) is 0 Å². The number of aromatic amines is 1. The van der Waals surface area contributed by atoms with Crippen molar-refractivity contribution in [3.05, 3.63) is 18.3 Å². The third kappa shape index (κ3) is 0.797. The average molecular weight is 150 g/mol. The fourth-order valence-electron chi connectivity index (χ4n) is 1.03. The van der Waals surface area contributed by atoms with Crippen LogP contribution in [0.2, 0.25) is 0 Å². The van der Waals surface area contributed by atoms with Crippen LogP contribution in [0.15, 0.2) is 18.3 Å². The van der Waals surface area contributed by atoms with Crippen molar-refractivity contribution in [2.75, 3.05) is 0 Å². The lowest BCUT2D eigenvalue weighted by atomic mass is 10.3. The van der Waals surface area contributed by atoms with Gasteiger partial charge in [0.25, 0.3) is 0 Å². The molecule has 11 heavy (non-hydrogen) atoms. The number of hydrogen-bond donors (Lipinski definition) is 3. The quantitative estimate of drug-likeness (QED) is 0.524. The molecule has 0 saturated heterocycles. The predicted molar refractivity (Wildman–Crippen MR) is 39.4 cm³/mol. The van der Waals surface area contributed by atoms with E-state index in [4.69, 9.17) is 10.2 Å². The lowest BCUT2D eigenvalue weighted by molar-refractivity contribution is 0.418. The topological polar surface area (TPSA) is 69.1 Å². The van der Waals surface area contributed by atoms with E-state index in [2.05, 4.69) is 9.97 Å². The highest BCUT2D eigenvalue weighted by molar-refractivity contribution is 5.84. The second-order valence-corrected chi connectivity index (χ2v) is 2.24. The van der Waals surface area contributed by atoms with Crippen molar-refractivity contribution in [3.63, 3.8) is 0 Å². The smallest absolute Gasteiger partial charge is 0.223 e. The minimum atomic E-state index is -0.183. The SMILES string of the molecule is Oc1cc2[nH]ccc2c(O)n1. The molecule has 0 spiro atoms. The molecule has 2 aromatic rings. The Bertz CT molecular complexity index is 394. The van der Waals surface area contributed by atoms with E-state index < -0.39 is 0 Å². The van der Waals surface area contributed by atoms with E-state index >= 15 is 0 Å². The van der Waals surface area contributed by atoms with Crippen molar-refractivity contribution in [1.82, 2.24) is 9.97 Å². The number of pyridine rings is 1. The molecule has 0 aliphatic heterocycles. The molecular weight excluding hydrogens is 144 g/mol. The lowest BCUT2D eigenvalue weighted by Gasteiger charge is -1.94. The summed E-state index contributed by atoms with van der Waals surface area (Å²) < 4.78 is 0. The zero-order valence-corrected chi connectivity index (χ0v) is 5.57. The summed E-state index contributed by atoms with van der Waals surface area (Å²) >= 11 is 0. The van der Waals surface area contributed by atoms with Gasteiger partial charge >= 0.3 is 0 Å². The number of fused-ring (bicyclic) bond motifs is 1. The molecule has 0 aromatic carbocycles. The fourth-order valence-corrected chi connectivity index (χ4v) is 1.03. The van der Waals surface area contributed by atoms with Gasteiger partial charge in [0.15, 0.2) is 0 Å². The summed E-state index contributed by atoms with van der Waals surface area (Å²) in [7, 11) is 0. The van der Waals surface area contributed by atoms with Crippen LogP contribution in [0.25, 0.3) is 10.9 Å². The van der Waals surface area contributed by atoms with Crippen molar-refractivity contribution >= 4 is 10.9 Å². The van der Waals surface area contributed by atoms with Gasteiger partial charge in [0.2, 0.25) is 11.8 Å². The van der Waals surface area contributed by atoms with Crippen LogP contribution in [0.3, 0.4) is 0 Å². The number of rotatable bonds is 0. The first-order chi connectivity index (χ1) is 5.27. The Morgan fingerprint density at radius 3 is 3.00 bits per heavy atom. The Labute approximate surface area is 62.1 Å². The van der Waals surface area contributed by atoms with Gasteiger partial charge in [-0.15, -0.1) is 0 Å². The molecule has 0 saturated carbocycles. The molecule has 56 valence electrons. The Hall–Kier alpha value is -1.71. The summed E-state index contributed by atoms with van der Waals surface area (Å²) in [6.45, 7) is 0. The van der Waals surface area contributed by atoms with E-state index in [-0.39, 0.29) is 11.8 Å². The molecule has 0 atom stereocenters. The molecule has 0 unspecified atom stereocenters. The highest BCUT2D eigenvalue weighted by atomic mass is 16.3. The molecule has 0 radical (unpaired) electrons. The van der Waals surface area contributed by atoms with Gasteiger partial charge in [-0.05, 0) is 6.07 Å². The predicted octanol–water partition coefficient (Wildman–Crippen LogP) is 0.974. The molecule has 4 nitrogen and oxygen atoms in total. The van der Waals surface area contributed by atoms with Gasteiger partial charge < -0.3 is 15.2 Å². The van der Waals surface area contributed by atoms with Gasteiger partial charge in [0, 0.05) is 12.3 Å². The van der Waals surface area contributed by atoms with Crippen LogP contribution in [-0.2, 0) is 0 Å². The third-order valence-electron chi connectivity index (χ3n) is 1.51. The number of nitrogens with one attached hydrogen (secondary N) is 1. The first kappa shape index (κ1) is 6.03. The van der Waals surface area contributed by atoms with Crippen LogP contribution in [0.5, 0.6) is 11.8 Å². The minimum Gasteiger partial charge on any atom is -0.493 e. The molecule has 0 aliphatic carbocycles. The zero-order chi connectivity index (χ0) is 7.84. The van der Waals surface area contributed by atoms with E-state index in [1.165, 1.54) is 6.07 Å². The van der Waals surface area contributed by atoms with Crippen LogP contribution in [0.4, 0.5) is 0 Å². The van der Waals surface area contributed by atoms with E-state index in [0.29, 0.717) is 10.9 Å². The van der Waals surface area contributed by atoms with Crippen molar-refractivity contribution in [1.29, 1.82) is 0 Å². The van der Waals surface area contributed by atoms with Crippen molar-refractivity contribution in [2.24, 2.45) is 0 Å². The lowest BCUT2D eigenvalue weighted by Crippen LogP contribution is -1.76. The highest BCUT2D eigenvalue weighted by Crippen LogP contribution is 2.24. The number of hydrogen-bond acceptors (Lipinski definition) is 3. The first-order valence-electron chi connectivity index (χ1n) is 3.13. The van der Waals surface area contributed by atoms with Gasteiger partial charge in [0.1, 0.15) is 0 Å². The molecular formula is C7H6N2O2. The average Bonchev–Trinajstić information content (AvgIpc) is 2.34. The summed E-state index contributed by atoms with van der Waals surface area (Å²) in [5, 5.41) is 18.7. The maximum atomic E-state index is 9.15. The highest BCUT2D eigenvalue weighted by Gasteiger charge is 2.03. The van der Waals surface area contributed by atoms with Crippen LogP contribution < -0.4 is 0 Å². The standard InChI is InChI=1S/C7H6N2O2/c10-6-3-5-4(1-2-8-5)7(11)9-6/h1-3,8H,(H2,9,10,11). The van der Waals surface area contributed by atoms with Crippen LogP contribution in [-0.4, -0.2) is 20.2 Å². The summed E-state index contributed by atoms with van der Waals surface area (Å²) in [5.74, 6) is -0.335. The molecule has 3 N–H and O–H groups in total. The summed E-state index contributed by atoms with van der Waals surface area (Å²) in [6.07, 6.45) is 1.67. The van der Waals surface area contributed by atoms with Crippen molar-refractivity contribution in [3.8, 4) is 11.8 Å². The Morgan fingerprint density at radius 2 is 2.18 bits per heavy atom. The monoisotopic (exact) mass is 150 g/mol. The summed E-state index contributed by atoms with van der Waals surface area (Å²) in [5.41, 5.74) is 0.676. The zero-order valence-electron chi connectivity index (χ0n) is 5.57. The first-order valence-corrected chi connectivity index (χ1v) is 3.13. The fraction of sp³-hybridized carbons (Fsp3) is 0. The van der Waals surface area contributed by atoms with Crippen LogP contribution >= 0.6 is 0 Å².